The fourth-order valence-corrected chi connectivity index (χ4v) is 2.05. The number of carboxylic acids is 1. The van der Waals surface area contributed by atoms with E-state index in [-0.39, 0.29) is 0 Å². The highest BCUT2D eigenvalue weighted by Crippen LogP contribution is 2.06. The summed E-state index contributed by atoms with van der Waals surface area (Å²) in [6.07, 6.45) is -1.13. The number of hydrogen-bond donors (Lipinski definition) is 3. The Morgan fingerprint density at radius 2 is 1.63 bits per heavy atom. The van der Waals surface area contributed by atoms with Crippen LogP contribution in [0.1, 0.15) is 20.8 Å². The molecule has 0 unspecified atom stereocenters. The SMILES string of the molecule is CC(C)N1CCN(C(=O)N[C@H](C(=O)O)[C@@H](C)O)CC1. The van der Waals surface area contributed by atoms with E-state index in [0.717, 1.165) is 13.1 Å². The average molecular weight is 273 g/mol. The molecule has 0 aromatic rings. The number of nitrogens with one attached hydrogen (secondary N) is 1. The van der Waals surface area contributed by atoms with Crippen LogP contribution in [0.2, 0.25) is 0 Å². The lowest BCUT2D eigenvalue weighted by Gasteiger charge is -2.37. The van der Waals surface area contributed by atoms with E-state index in [9.17, 15) is 14.7 Å². The normalized spacial score (nSPS) is 20.2. The minimum atomic E-state index is -1.27. The zero-order valence-electron chi connectivity index (χ0n) is 11.7. The molecule has 1 heterocycles. The number of nitrogens with zero attached hydrogens (tertiary/aromatic N) is 2. The molecule has 1 aliphatic heterocycles. The fourth-order valence-electron chi connectivity index (χ4n) is 2.05. The number of piperazine rings is 1. The number of aliphatic carboxylic acids is 1. The zero-order valence-corrected chi connectivity index (χ0v) is 11.7. The predicted octanol–water partition coefficient (Wildman–Crippen LogP) is -0.444. The highest BCUT2D eigenvalue weighted by molar-refractivity contribution is 5.83. The maximum absolute atomic E-state index is 11.9. The monoisotopic (exact) mass is 273 g/mol. The molecule has 2 amide bonds. The van der Waals surface area contributed by atoms with Crippen LogP contribution in [-0.4, -0.2) is 76.4 Å². The molecule has 3 N–H and O–H groups in total. The molecule has 110 valence electrons. The summed E-state index contributed by atoms with van der Waals surface area (Å²) in [7, 11) is 0. The van der Waals surface area contributed by atoms with Crippen LogP contribution >= 0.6 is 0 Å². The molecule has 0 aromatic heterocycles. The number of carboxylic acid groups (broad SMARTS) is 1. The molecule has 0 bridgehead atoms. The molecule has 19 heavy (non-hydrogen) atoms. The number of aliphatic hydroxyl groups is 1. The Hall–Kier alpha value is -1.34. The van der Waals surface area contributed by atoms with Crippen LogP contribution in [0.15, 0.2) is 0 Å². The Morgan fingerprint density at radius 3 is 2.00 bits per heavy atom. The molecular weight excluding hydrogens is 250 g/mol. The summed E-state index contributed by atoms with van der Waals surface area (Å²) in [4.78, 5) is 26.7. The fraction of sp³-hybridized carbons (Fsp3) is 0.833. The highest BCUT2D eigenvalue weighted by Gasteiger charge is 2.29. The summed E-state index contributed by atoms with van der Waals surface area (Å²) in [5.41, 5.74) is 0. The molecule has 0 radical (unpaired) electrons. The maximum atomic E-state index is 11.9. The summed E-state index contributed by atoms with van der Waals surface area (Å²) in [6, 6.07) is -1.26. The topological polar surface area (TPSA) is 93.1 Å². The third kappa shape index (κ3) is 4.36. The minimum absolute atomic E-state index is 0.434. The van der Waals surface area contributed by atoms with Gasteiger partial charge in [0.25, 0.3) is 0 Å². The van der Waals surface area contributed by atoms with E-state index in [1.165, 1.54) is 6.92 Å². The van der Waals surface area contributed by atoms with Gasteiger partial charge in [-0.1, -0.05) is 0 Å². The first-order valence-electron chi connectivity index (χ1n) is 6.53. The van der Waals surface area contributed by atoms with Crippen LogP contribution in [-0.2, 0) is 4.79 Å². The molecule has 0 aliphatic carbocycles. The molecule has 7 nitrogen and oxygen atoms in total. The van der Waals surface area contributed by atoms with Gasteiger partial charge in [0.2, 0.25) is 0 Å². The van der Waals surface area contributed by atoms with Gasteiger partial charge in [0, 0.05) is 32.2 Å². The van der Waals surface area contributed by atoms with Gasteiger partial charge < -0.3 is 20.4 Å². The molecule has 1 saturated heterocycles. The average Bonchev–Trinajstić information content (AvgIpc) is 2.34. The number of rotatable bonds is 4. The van der Waals surface area contributed by atoms with E-state index < -0.39 is 24.1 Å². The van der Waals surface area contributed by atoms with Gasteiger partial charge in [-0.2, -0.15) is 0 Å². The lowest BCUT2D eigenvalue weighted by molar-refractivity contribution is -0.141. The first kappa shape index (κ1) is 15.7. The van der Waals surface area contributed by atoms with Crippen molar-refractivity contribution in [3.8, 4) is 0 Å². The van der Waals surface area contributed by atoms with Gasteiger partial charge in [-0.15, -0.1) is 0 Å². The van der Waals surface area contributed by atoms with Gasteiger partial charge in [0.1, 0.15) is 0 Å². The zero-order chi connectivity index (χ0) is 14.6. The molecule has 7 heteroatoms. The molecule has 1 aliphatic rings. The molecule has 1 fully saturated rings. The Kier molecular flexibility index (Phi) is 5.56. The Labute approximate surface area is 113 Å². The van der Waals surface area contributed by atoms with Crippen molar-refractivity contribution in [3.05, 3.63) is 0 Å². The second-order valence-corrected chi connectivity index (χ2v) is 5.12. The van der Waals surface area contributed by atoms with Gasteiger partial charge in [0.05, 0.1) is 6.10 Å². The van der Waals surface area contributed by atoms with Gasteiger partial charge in [-0.05, 0) is 20.8 Å². The van der Waals surface area contributed by atoms with Crippen molar-refractivity contribution in [1.29, 1.82) is 0 Å². The lowest BCUT2D eigenvalue weighted by Crippen LogP contribution is -2.57. The van der Waals surface area contributed by atoms with E-state index in [2.05, 4.69) is 24.1 Å². The molecule has 0 spiro atoms. The summed E-state index contributed by atoms with van der Waals surface area (Å²) < 4.78 is 0. The second-order valence-electron chi connectivity index (χ2n) is 5.12. The van der Waals surface area contributed by atoms with Crippen molar-refractivity contribution in [2.45, 2.75) is 39.0 Å². The highest BCUT2D eigenvalue weighted by atomic mass is 16.4. The van der Waals surface area contributed by atoms with E-state index in [4.69, 9.17) is 5.11 Å². The van der Waals surface area contributed by atoms with Crippen LogP contribution < -0.4 is 5.32 Å². The van der Waals surface area contributed by atoms with Gasteiger partial charge in [0.15, 0.2) is 6.04 Å². The Balaban J connectivity index is 2.49. The first-order chi connectivity index (χ1) is 8.82. The summed E-state index contributed by atoms with van der Waals surface area (Å²) in [5.74, 6) is -1.23. The quantitative estimate of drug-likeness (QED) is 0.645. The largest absolute Gasteiger partial charge is 0.480 e. The van der Waals surface area contributed by atoms with E-state index in [1.807, 2.05) is 0 Å². The van der Waals surface area contributed by atoms with Crippen LogP contribution in [0.5, 0.6) is 0 Å². The number of carbonyl (C=O) groups is 2. The molecule has 1 rings (SSSR count). The third-order valence-corrected chi connectivity index (χ3v) is 3.36. The van der Waals surface area contributed by atoms with E-state index in [0.29, 0.717) is 19.1 Å². The number of carbonyl (C=O) groups excluding carboxylic acids is 1. The standard InChI is InChI=1S/C12H23N3O4/c1-8(2)14-4-6-15(7-5-14)12(19)13-10(9(3)16)11(17)18/h8-10,16H,4-7H2,1-3H3,(H,13,19)(H,17,18)/t9-,10+/m1/s1. The van der Waals surface area contributed by atoms with Crippen LogP contribution in [0.25, 0.3) is 0 Å². The smallest absolute Gasteiger partial charge is 0.328 e. The Bertz CT molecular complexity index is 325. The van der Waals surface area contributed by atoms with Gasteiger partial charge in [-0.25, -0.2) is 9.59 Å². The van der Waals surface area contributed by atoms with Crippen LogP contribution in [0.3, 0.4) is 0 Å². The third-order valence-electron chi connectivity index (χ3n) is 3.36. The summed E-state index contributed by atoms with van der Waals surface area (Å²) >= 11 is 0. The number of urea groups is 1. The minimum Gasteiger partial charge on any atom is -0.480 e. The van der Waals surface area contributed by atoms with Crippen LogP contribution in [0, 0.1) is 0 Å². The summed E-state index contributed by atoms with van der Waals surface area (Å²) in [6.45, 7) is 8.23. The molecule has 2 atom stereocenters. The number of aliphatic hydroxyl groups excluding tert-OH is 1. The first-order valence-corrected chi connectivity index (χ1v) is 6.53. The van der Waals surface area contributed by atoms with Crippen LogP contribution in [0.4, 0.5) is 4.79 Å². The van der Waals surface area contributed by atoms with Crippen molar-refractivity contribution < 1.29 is 19.8 Å². The lowest BCUT2D eigenvalue weighted by atomic mass is 10.2. The molecule has 0 saturated carbocycles. The predicted molar refractivity (Wildman–Crippen MR) is 69.9 cm³/mol. The van der Waals surface area contributed by atoms with Crippen molar-refractivity contribution >= 4 is 12.0 Å². The van der Waals surface area contributed by atoms with E-state index >= 15 is 0 Å². The maximum Gasteiger partial charge on any atom is 0.328 e. The molecular formula is C12H23N3O4. The molecule has 0 aromatic carbocycles. The summed E-state index contributed by atoms with van der Waals surface area (Å²) in [5, 5.41) is 20.6. The van der Waals surface area contributed by atoms with Crippen molar-refractivity contribution in [2.75, 3.05) is 26.2 Å². The van der Waals surface area contributed by atoms with Crippen molar-refractivity contribution in [2.24, 2.45) is 0 Å². The van der Waals surface area contributed by atoms with Crippen molar-refractivity contribution in [3.63, 3.8) is 0 Å². The number of amides is 2. The second kappa shape index (κ2) is 6.72. The number of hydrogen-bond acceptors (Lipinski definition) is 4. The Morgan fingerprint density at radius 1 is 1.11 bits per heavy atom. The van der Waals surface area contributed by atoms with Crippen molar-refractivity contribution in [1.82, 2.24) is 15.1 Å². The van der Waals surface area contributed by atoms with Gasteiger partial charge >= 0.3 is 12.0 Å². The van der Waals surface area contributed by atoms with Gasteiger partial charge in [-0.3, -0.25) is 4.90 Å². The van der Waals surface area contributed by atoms with E-state index in [1.54, 1.807) is 4.90 Å².